The first kappa shape index (κ1) is 18.0. The molecule has 5 nitrogen and oxygen atoms in total. The summed E-state index contributed by atoms with van der Waals surface area (Å²) in [7, 11) is 0. The number of carboxylic acids is 1. The van der Waals surface area contributed by atoms with Crippen molar-refractivity contribution in [3.8, 4) is 22.6 Å². The van der Waals surface area contributed by atoms with Gasteiger partial charge in [0, 0.05) is 11.3 Å². The molecule has 26 heavy (non-hydrogen) atoms. The fourth-order valence-corrected chi connectivity index (χ4v) is 2.89. The Morgan fingerprint density at radius 2 is 1.77 bits per heavy atom. The number of carbonyl (C=O) groups is 1. The van der Waals surface area contributed by atoms with Gasteiger partial charge in [0.2, 0.25) is 0 Å². The first-order valence-corrected chi connectivity index (χ1v) is 8.70. The van der Waals surface area contributed by atoms with Crippen LogP contribution < -0.4 is 0 Å². The van der Waals surface area contributed by atoms with E-state index in [2.05, 4.69) is 45.4 Å². The maximum atomic E-state index is 11.0. The molecule has 5 heteroatoms. The summed E-state index contributed by atoms with van der Waals surface area (Å²) in [6, 6.07) is 10.8. The van der Waals surface area contributed by atoms with Gasteiger partial charge < -0.3 is 9.52 Å². The Balaban J connectivity index is 1.96. The Morgan fingerprint density at radius 1 is 1.12 bits per heavy atom. The summed E-state index contributed by atoms with van der Waals surface area (Å²) in [4.78, 5) is 11.0. The van der Waals surface area contributed by atoms with Crippen LogP contribution in [-0.4, -0.2) is 20.9 Å². The summed E-state index contributed by atoms with van der Waals surface area (Å²) in [5.74, 6) is 0.124. The number of aromatic carboxylic acids is 1. The van der Waals surface area contributed by atoms with Crippen LogP contribution in [0.25, 0.3) is 22.6 Å². The van der Waals surface area contributed by atoms with E-state index in [0.29, 0.717) is 11.7 Å². The van der Waals surface area contributed by atoms with Gasteiger partial charge >= 0.3 is 5.97 Å². The van der Waals surface area contributed by atoms with Gasteiger partial charge in [-0.2, -0.15) is 5.10 Å². The number of hydrogen-bond acceptors (Lipinski definition) is 3. The molecule has 0 saturated carbocycles. The molecule has 0 aliphatic rings. The average Bonchev–Trinajstić information content (AvgIpc) is 3.21. The van der Waals surface area contributed by atoms with E-state index in [9.17, 15) is 4.79 Å². The fourth-order valence-electron chi connectivity index (χ4n) is 2.89. The van der Waals surface area contributed by atoms with E-state index in [1.54, 1.807) is 30.5 Å². The van der Waals surface area contributed by atoms with Crippen molar-refractivity contribution in [2.45, 2.75) is 46.1 Å². The molecule has 0 aliphatic heterocycles. The number of aromatic nitrogens is 2. The fraction of sp³-hybridized carbons (Fsp3) is 0.333. The number of benzene rings is 1. The normalized spacial score (nSPS) is 11.9. The predicted molar refractivity (Wildman–Crippen MR) is 101 cm³/mol. The zero-order valence-electron chi connectivity index (χ0n) is 15.8. The van der Waals surface area contributed by atoms with Crippen molar-refractivity contribution in [1.82, 2.24) is 9.78 Å². The third-order valence-corrected chi connectivity index (χ3v) is 4.28. The van der Waals surface area contributed by atoms with Crippen LogP contribution in [0.4, 0.5) is 0 Å². The summed E-state index contributed by atoms with van der Waals surface area (Å²) in [5.41, 5.74) is 3.92. The van der Waals surface area contributed by atoms with Crippen LogP contribution in [0.2, 0.25) is 0 Å². The molecule has 0 aliphatic carbocycles. The molecule has 1 N–H and O–H groups in total. The third kappa shape index (κ3) is 3.43. The Bertz CT molecular complexity index is 925. The second-order valence-electron chi connectivity index (χ2n) is 7.77. The quantitative estimate of drug-likeness (QED) is 0.684. The van der Waals surface area contributed by atoms with Gasteiger partial charge in [-0.25, -0.2) is 4.79 Å². The molecule has 0 unspecified atom stereocenters. The second kappa shape index (κ2) is 6.48. The first-order chi connectivity index (χ1) is 12.2. The van der Waals surface area contributed by atoms with Crippen molar-refractivity contribution in [2.24, 2.45) is 0 Å². The number of hydrogen-bond donors (Lipinski definition) is 1. The maximum absolute atomic E-state index is 11.0. The Morgan fingerprint density at radius 3 is 2.27 bits per heavy atom. The number of rotatable bonds is 4. The van der Waals surface area contributed by atoms with Gasteiger partial charge in [-0.05, 0) is 56.5 Å². The lowest BCUT2D eigenvalue weighted by molar-refractivity contribution is 0.0697. The highest BCUT2D eigenvalue weighted by Crippen LogP contribution is 2.31. The molecule has 0 bridgehead atoms. The van der Waals surface area contributed by atoms with Crippen LogP contribution >= 0.6 is 0 Å². The minimum absolute atomic E-state index is 0.111. The zero-order chi connectivity index (χ0) is 19.1. The van der Waals surface area contributed by atoms with E-state index < -0.39 is 5.97 Å². The number of furan rings is 1. The minimum atomic E-state index is -0.932. The summed E-state index contributed by atoms with van der Waals surface area (Å²) in [6.45, 7) is 10.7. The zero-order valence-corrected chi connectivity index (χ0v) is 15.8. The molecular weight excluding hydrogens is 328 g/mol. The van der Waals surface area contributed by atoms with Crippen molar-refractivity contribution in [3.63, 3.8) is 0 Å². The van der Waals surface area contributed by atoms with Crippen LogP contribution in [-0.2, 0) is 5.54 Å². The van der Waals surface area contributed by atoms with E-state index in [1.807, 2.05) is 6.07 Å². The number of nitrogens with zero attached hydrogens (tertiary/aromatic N) is 2. The van der Waals surface area contributed by atoms with Crippen molar-refractivity contribution in [3.05, 3.63) is 53.9 Å². The molecular formula is C21H24N2O3. The molecule has 0 radical (unpaired) electrons. The van der Waals surface area contributed by atoms with E-state index in [1.165, 1.54) is 0 Å². The van der Waals surface area contributed by atoms with Gasteiger partial charge in [0.1, 0.15) is 5.69 Å². The monoisotopic (exact) mass is 352 g/mol. The summed E-state index contributed by atoms with van der Waals surface area (Å²) >= 11 is 0. The number of carboxylic acid groups (broad SMARTS) is 1. The van der Waals surface area contributed by atoms with Crippen LogP contribution in [0, 0.1) is 0 Å². The van der Waals surface area contributed by atoms with Gasteiger partial charge in [0.05, 0.1) is 17.4 Å². The maximum Gasteiger partial charge on any atom is 0.335 e. The molecule has 0 spiro atoms. The van der Waals surface area contributed by atoms with Crippen LogP contribution in [0.5, 0.6) is 0 Å². The molecule has 2 heterocycles. The second-order valence-corrected chi connectivity index (χ2v) is 7.77. The topological polar surface area (TPSA) is 68.3 Å². The van der Waals surface area contributed by atoms with Crippen molar-refractivity contribution < 1.29 is 14.3 Å². The largest absolute Gasteiger partial charge is 0.478 e. The van der Waals surface area contributed by atoms with Crippen LogP contribution in [0.3, 0.4) is 0 Å². The lowest BCUT2D eigenvalue weighted by Gasteiger charge is -2.23. The van der Waals surface area contributed by atoms with Crippen LogP contribution in [0.1, 0.15) is 56.6 Å². The highest BCUT2D eigenvalue weighted by atomic mass is 16.4. The molecule has 1 aromatic carbocycles. The summed E-state index contributed by atoms with van der Waals surface area (Å²) < 4.78 is 7.80. The molecule has 3 aromatic rings. The van der Waals surface area contributed by atoms with Gasteiger partial charge in [-0.15, -0.1) is 0 Å². The molecule has 0 saturated heterocycles. The lowest BCUT2D eigenvalue weighted by atomic mass is 10.0. The predicted octanol–water partition coefficient (Wildman–Crippen LogP) is 5.39. The van der Waals surface area contributed by atoms with Crippen molar-refractivity contribution >= 4 is 5.97 Å². The smallest absolute Gasteiger partial charge is 0.335 e. The molecule has 2 aromatic heterocycles. The first-order valence-electron chi connectivity index (χ1n) is 8.70. The van der Waals surface area contributed by atoms with E-state index in [-0.39, 0.29) is 11.1 Å². The molecule has 0 fully saturated rings. The van der Waals surface area contributed by atoms with Gasteiger partial charge in [0.25, 0.3) is 0 Å². The standard InChI is InChI=1S/C21H24N2O3/c1-13(2)18-11-17(22-23(18)21(3,4)5)19-10-16(12-26-19)14-6-8-15(9-7-14)20(24)25/h6-13H,1-5H3,(H,24,25). The average molecular weight is 352 g/mol. The lowest BCUT2D eigenvalue weighted by Crippen LogP contribution is -2.25. The Hall–Kier alpha value is -2.82. The summed E-state index contributed by atoms with van der Waals surface area (Å²) in [5, 5.41) is 13.8. The third-order valence-electron chi connectivity index (χ3n) is 4.28. The van der Waals surface area contributed by atoms with Crippen molar-refractivity contribution in [1.29, 1.82) is 0 Å². The Labute approximate surface area is 153 Å². The highest BCUT2D eigenvalue weighted by Gasteiger charge is 2.22. The van der Waals surface area contributed by atoms with E-state index in [4.69, 9.17) is 14.6 Å². The summed E-state index contributed by atoms with van der Waals surface area (Å²) in [6.07, 6.45) is 1.68. The van der Waals surface area contributed by atoms with E-state index in [0.717, 1.165) is 22.5 Å². The van der Waals surface area contributed by atoms with Crippen molar-refractivity contribution in [2.75, 3.05) is 0 Å². The minimum Gasteiger partial charge on any atom is -0.478 e. The Kier molecular flexibility index (Phi) is 4.48. The van der Waals surface area contributed by atoms with Gasteiger partial charge in [-0.3, -0.25) is 4.68 Å². The van der Waals surface area contributed by atoms with E-state index >= 15 is 0 Å². The van der Waals surface area contributed by atoms with Gasteiger partial charge in [0.15, 0.2) is 5.76 Å². The molecule has 0 amide bonds. The van der Waals surface area contributed by atoms with Crippen LogP contribution in [0.15, 0.2) is 47.1 Å². The molecule has 3 rings (SSSR count). The SMILES string of the molecule is CC(C)c1cc(-c2cc(-c3ccc(C(=O)O)cc3)co2)nn1C(C)(C)C. The van der Waals surface area contributed by atoms with Gasteiger partial charge in [-0.1, -0.05) is 26.0 Å². The highest BCUT2D eigenvalue weighted by molar-refractivity contribution is 5.88. The molecule has 136 valence electrons. The molecule has 0 atom stereocenters.